The van der Waals surface area contributed by atoms with Crippen molar-refractivity contribution in [3.05, 3.63) is 106 Å². The number of hydrazone groups is 1. The minimum Gasteiger partial charge on any atom is -0.508 e. The van der Waals surface area contributed by atoms with Crippen LogP contribution in [-0.2, 0) is 9.59 Å². The lowest BCUT2D eigenvalue weighted by atomic mass is 9.90. The molecule has 3 N–H and O–H groups in total. The molecule has 3 aromatic rings. The van der Waals surface area contributed by atoms with E-state index in [0.717, 1.165) is 29.5 Å². The van der Waals surface area contributed by atoms with Crippen molar-refractivity contribution < 1.29 is 19.6 Å². The lowest BCUT2D eigenvalue weighted by molar-refractivity contribution is -0.385. The quantitative estimate of drug-likeness (QED) is 0.286. The van der Waals surface area contributed by atoms with Crippen LogP contribution in [0.15, 0.2) is 84.0 Å². The van der Waals surface area contributed by atoms with Crippen LogP contribution in [0.2, 0.25) is 0 Å². The summed E-state index contributed by atoms with van der Waals surface area (Å²) in [6, 6.07) is 21.9. The Morgan fingerprint density at radius 1 is 1.00 bits per heavy atom. The second-order valence-corrected chi connectivity index (χ2v) is 6.77. The van der Waals surface area contributed by atoms with E-state index in [2.05, 4.69) is 15.8 Å². The molecule has 0 bridgehead atoms. The molecule has 0 saturated heterocycles. The molecule has 0 saturated carbocycles. The van der Waals surface area contributed by atoms with E-state index >= 15 is 0 Å². The van der Waals surface area contributed by atoms with Gasteiger partial charge in [0.2, 0.25) is 5.91 Å². The molecular weight excluding hydrogens is 412 g/mol. The van der Waals surface area contributed by atoms with Gasteiger partial charge in [0.25, 0.3) is 11.6 Å². The van der Waals surface area contributed by atoms with Crippen molar-refractivity contribution in [1.82, 2.24) is 10.7 Å². The second-order valence-electron chi connectivity index (χ2n) is 6.77. The summed E-state index contributed by atoms with van der Waals surface area (Å²) in [6.07, 6.45) is 1.05. The lowest BCUT2D eigenvalue weighted by Gasteiger charge is -2.17. The minimum atomic E-state index is -0.629. The number of amides is 2. The van der Waals surface area contributed by atoms with Crippen LogP contribution in [0.1, 0.15) is 22.6 Å². The summed E-state index contributed by atoms with van der Waals surface area (Å²) >= 11 is 0. The second kappa shape index (κ2) is 10.5. The van der Waals surface area contributed by atoms with Crippen LogP contribution < -0.4 is 10.7 Å². The number of nitrogens with zero attached hydrogens (tertiary/aromatic N) is 2. The highest BCUT2D eigenvalue weighted by Crippen LogP contribution is 2.24. The number of hydrogen-bond donors (Lipinski definition) is 3. The number of phenolic OH excluding ortho intramolecular Hbond substituents is 1. The Kier molecular flexibility index (Phi) is 7.26. The fraction of sp³-hybridized carbons (Fsp3) is 0.0870. The summed E-state index contributed by atoms with van der Waals surface area (Å²) < 4.78 is 0. The third kappa shape index (κ3) is 5.76. The Morgan fingerprint density at radius 2 is 1.59 bits per heavy atom. The Morgan fingerprint density at radius 3 is 2.16 bits per heavy atom. The number of nitrogens with one attached hydrogen (secondary N) is 2. The Labute approximate surface area is 183 Å². The highest BCUT2D eigenvalue weighted by Gasteiger charge is 2.22. The molecule has 0 aliphatic rings. The zero-order valence-corrected chi connectivity index (χ0v) is 16.8. The van der Waals surface area contributed by atoms with E-state index in [4.69, 9.17) is 0 Å². The van der Waals surface area contributed by atoms with Gasteiger partial charge in [-0.1, -0.05) is 60.7 Å². The zero-order chi connectivity index (χ0) is 22.9. The van der Waals surface area contributed by atoms with Crippen LogP contribution in [0.3, 0.4) is 0 Å². The van der Waals surface area contributed by atoms with E-state index in [9.17, 15) is 24.8 Å². The van der Waals surface area contributed by atoms with Gasteiger partial charge in [-0.15, -0.1) is 0 Å². The fourth-order valence-corrected chi connectivity index (χ4v) is 3.08. The van der Waals surface area contributed by atoms with Gasteiger partial charge in [-0.2, -0.15) is 5.10 Å². The highest BCUT2D eigenvalue weighted by molar-refractivity contribution is 5.91. The van der Waals surface area contributed by atoms with E-state index in [0.29, 0.717) is 0 Å². The van der Waals surface area contributed by atoms with E-state index in [1.165, 1.54) is 6.07 Å². The number of aromatic hydroxyl groups is 1. The standard InChI is InChI=1S/C23H20N4O5/c28-19-11-12-20(27(31)32)18(13-19)14-25-26-21(29)15-24-23(30)22(16-7-3-1-4-8-16)17-9-5-2-6-10-17/h1-14,22,28H,15H2,(H,24,30)(H,26,29)/b25-14-. The average molecular weight is 432 g/mol. The summed E-state index contributed by atoms with van der Waals surface area (Å²) in [4.78, 5) is 35.4. The van der Waals surface area contributed by atoms with Gasteiger partial charge in [-0.25, -0.2) is 5.43 Å². The van der Waals surface area contributed by atoms with Gasteiger partial charge >= 0.3 is 0 Å². The molecule has 162 valence electrons. The van der Waals surface area contributed by atoms with Crippen molar-refractivity contribution in [3.8, 4) is 5.75 Å². The van der Waals surface area contributed by atoms with Gasteiger partial charge in [-0.05, 0) is 23.3 Å². The molecule has 0 aliphatic carbocycles. The van der Waals surface area contributed by atoms with Gasteiger partial charge in [-0.3, -0.25) is 19.7 Å². The first-order valence-electron chi connectivity index (χ1n) is 9.62. The molecule has 9 heteroatoms. The van der Waals surface area contributed by atoms with E-state index < -0.39 is 16.7 Å². The predicted octanol–water partition coefficient (Wildman–Crippen LogP) is 2.70. The first-order valence-corrected chi connectivity index (χ1v) is 9.62. The summed E-state index contributed by atoms with van der Waals surface area (Å²) in [5, 5.41) is 26.8. The minimum absolute atomic E-state index is 0.0209. The summed E-state index contributed by atoms with van der Waals surface area (Å²) in [5.74, 6) is -1.74. The zero-order valence-electron chi connectivity index (χ0n) is 16.8. The summed E-state index contributed by atoms with van der Waals surface area (Å²) in [7, 11) is 0. The molecule has 0 spiro atoms. The van der Waals surface area contributed by atoms with Crippen molar-refractivity contribution in [2.75, 3.05) is 6.54 Å². The number of benzene rings is 3. The smallest absolute Gasteiger partial charge is 0.278 e. The van der Waals surface area contributed by atoms with Crippen molar-refractivity contribution in [2.24, 2.45) is 5.10 Å². The third-order valence-electron chi connectivity index (χ3n) is 4.55. The molecule has 0 unspecified atom stereocenters. The van der Waals surface area contributed by atoms with Gasteiger partial charge in [0.05, 0.1) is 29.2 Å². The number of rotatable bonds is 8. The molecule has 0 atom stereocenters. The summed E-state index contributed by atoms with van der Waals surface area (Å²) in [5.41, 5.74) is 3.51. The first-order chi connectivity index (χ1) is 15.5. The molecule has 3 aromatic carbocycles. The van der Waals surface area contributed by atoms with Crippen LogP contribution in [0, 0.1) is 10.1 Å². The molecule has 0 radical (unpaired) electrons. The normalized spacial score (nSPS) is 10.8. The van der Waals surface area contributed by atoms with E-state index in [1.807, 2.05) is 60.7 Å². The maximum atomic E-state index is 12.9. The summed E-state index contributed by atoms with van der Waals surface area (Å²) in [6.45, 7) is -0.339. The largest absolute Gasteiger partial charge is 0.508 e. The molecule has 32 heavy (non-hydrogen) atoms. The molecule has 0 heterocycles. The first kappa shape index (κ1) is 22.2. The Bertz CT molecular complexity index is 1090. The van der Waals surface area contributed by atoms with Crippen LogP contribution in [-0.4, -0.2) is 34.6 Å². The number of hydrogen-bond acceptors (Lipinski definition) is 6. The van der Waals surface area contributed by atoms with Crippen molar-refractivity contribution in [3.63, 3.8) is 0 Å². The Hall–Kier alpha value is -4.53. The average Bonchev–Trinajstić information content (AvgIpc) is 2.79. The molecule has 2 amide bonds. The number of nitro benzene ring substituents is 1. The van der Waals surface area contributed by atoms with Crippen LogP contribution in [0.4, 0.5) is 5.69 Å². The predicted molar refractivity (Wildman–Crippen MR) is 118 cm³/mol. The van der Waals surface area contributed by atoms with Gasteiger partial charge in [0.15, 0.2) is 0 Å². The third-order valence-corrected chi connectivity index (χ3v) is 4.55. The van der Waals surface area contributed by atoms with Gasteiger partial charge < -0.3 is 10.4 Å². The van der Waals surface area contributed by atoms with Crippen LogP contribution >= 0.6 is 0 Å². The fourth-order valence-electron chi connectivity index (χ4n) is 3.08. The number of carbonyl (C=O) groups is 2. The topological polar surface area (TPSA) is 134 Å². The molecular formula is C23H20N4O5. The maximum absolute atomic E-state index is 12.9. The molecule has 0 aromatic heterocycles. The molecule has 0 aliphatic heterocycles. The van der Waals surface area contributed by atoms with Gasteiger partial charge in [0.1, 0.15) is 5.75 Å². The van der Waals surface area contributed by atoms with Crippen LogP contribution in [0.25, 0.3) is 0 Å². The van der Waals surface area contributed by atoms with Crippen molar-refractivity contribution >= 4 is 23.7 Å². The highest BCUT2D eigenvalue weighted by atomic mass is 16.6. The SMILES string of the molecule is O=C(CNC(=O)C(c1ccccc1)c1ccccc1)N/N=C\c1cc(O)ccc1[N+](=O)[O-]. The molecule has 0 fully saturated rings. The van der Waals surface area contributed by atoms with Crippen molar-refractivity contribution in [1.29, 1.82) is 0 Å². The monoisotopic (exact) mass is 432 g/mol. The van der Waals surface area contributed by atoms with Crippen molar-refractivity contribution in [2.45, 2.75) is 5.92 Å². The van der Waals surface area contributed by atoms with Crippen LogP contribution in [0.5, 0.6) is 5.75 Å². The van der Waals surface area contributed by atoms with E-state index in [-0.39, 0.29) is 29.5 Å². The number of phenols is 1. The molecule has 9 nitrogen and oxygen atoms in total. The lowest BCUT2D eigenvalue weighted by Crippen LogP contribution is -2.37. The maximum Gasteiger partial charge on any atom is 0.278 e. The number of nitro groups is 1. The Balaban J connectivity index is 1.64. The van der Waals surface area contributed by atoms with Gasteiger partial charge in [0, 0.05) is 6.07 Å². The molecule has 3 rings (SSSR count). The van der Waals surface area contributed by atoms with E-state index in [1.54, 1.807) is 0 Å². The number of carbonyl (C=O) groups excluding carboxylic acids is 2.